The number of fused-ring (bicyclic) bond motifs is 1. The van der Waals surface area contributed by atoms with Gasteiger partial charge in [0.15, 0.2) is 0 Å². The van der Waals surface area contributed by atoms with Gasteiger partial charge in [-0.2, -0.15) is 0 Å². The van der Waals surface area contributed by atoms with Crippen LogP contribution in [0.25, 0.3) is 16.5 Å². The van der Waals surface area contributed by atoms with Crippen LogP contribution >= 0.6 is 0 Å². The van der Waals surface area contributed by atoms with Crippen molar-refractivity contribution >= 4 is 28.7 Å². The molecule has 6 heteroatoms. The summed E-state index contributed by atoms with van der Waals surface area (Å²) in [5.41, 5.74) is 2.13. The maximum atomic E-state index is 13.1. The van der Waals surface area contributed by atoms with Crippen molar-refractivity contribution in [2.75, 3.05) is 13.1 Å². The van der Waals surface area contributed by atoms with Gasteiger partial charge in [0.2, 0.25) is 0 Å². The summed E-state index contributed by atoms with van der Waals surface area (Å²) in [6.07, 6.45) is -0.461. The lowest BCUT2D eigenvalue weighted by molar-refractivity contribution is 0.0543. The largest absolute Gasteiger partial charge is 0.445 e. The highest BCUT2D eigenvalue weighted by Gasteiger charge is 2.25. The van der Waals surface area contributed by atoms with Gasteiger partial charge in [0.25, 0.3) is 0 Å². The number of para-hydroxylation sites is 1. The Kier molecular flexibility index (Phi) is 8.38. The minimum atomic E-state index is -0.660. The molecule has 0 saturated carbocycles. The molecule has 3 aromatic rings. The number of carbonyl (C=O) groups is 2. The van der Waals surface area contributed by atoms with E-state index in [1.165, 1.54) is 4.57 Å². The van der Waals surface area contributed by atoms with Crippen molar-refractivity contribution in [3.8, 4) is 11.8 Å². The Hall–Kier alpha value is -3.98. The zero-order chi connectivity index (χ0) is 25.4. The van der Waals surface area contributed by atoms with Crippen LogP contribution in [-0.4, -0.2) is 40.3 Å². The number of amides is 1. The predicted octanol–water partition coefficient (Wildman–Crippen LogP) is 6.49. The molecule has 2 aromatic carbocycles. The van der Waals surface area contributed by atoms with Gasteiger partial charge in [-0.25, -0.2) is 14.2 Å². The van der Waals surface area contributed by atoms with Gasteiger partial charge in [0, 0.05) is 18.4 Å². The molecule has 1 amide bonds. The van der Waals surface area contributed by atoms with Crippen molar-refractivity contribution in [3.63, 3.8) is 0 Å². The highest BCUT2D eigenvalue weighted by Crippen LogP contribution is 2.27. The molecular formula is C29H32N2O4. The number of rotatable bonds is 7. The molecule has 0 unspecified atom stereocenters. The number of hydrogen-bond donors (Lipinski definition) is 0. The van der Waals surface area contributed by atoms with E-state index in [0.717, 1.165) is 10.9 Å². The summed E-state index contributed by atoms with van der Waals surface area (Å²) in [4.78, 5) is 27.7. The summed E-state index contributed by atoms with van der Waals surface area (Å²) in [6, 6.07) is 19.0. The fourth-order valence-electron chi connectivity index (χ4n) is 3.59. The Morgan fingerprint density at radius 3 is 2.43 bits per heavy atom. The highest BCUT2D eigenvalue weighted by atomic mass is 16.6. The number of carbonyl (C=O) groups excluding carboxylic acids is 2. The molecule has 3 rings (SSSR count). The second-order valence-corrected chi connectivity index (χ2v) is 9.15. The zero-order valence-corrected chi connectivity index (χ0v) is 20.8. The Balaban J connectivity index is 1.86. The highest BCUT2D eigenvalue weighted by molar-refractivity contribution is 5.95. The van der Waals surface area contributed by atoms with Crippen LogP contribution in [0.1, 0.15) is 45.4 Å². The van der Waals surface area contributed by atoms with Crippen LogP contribution in [0.4, 0.5) is 9.59 Å². The zero-order valence-electron chi connectivity index (χ0n) is 20.8. The number of benzene rings is 2. The lowest BCUT2D eigenvalue weighted by Gasteiger charge is -2.24. The molecule has 0 fully saturated rings. The van der Waals surface area contributed by atoms with E-state index in [4.69, 9.17) is 9.47 Å². The van der Waals surface area contributed by atoms with Crippen LogP contribution in [-0.2, 0) is 16.1 Å². The van der Waals surface area contributed by atoms with Gasteiger partial charge in [0.1, 0.15) is 12.2 Å². The fourth-order valence-corrected chi connectivity index (χ4v) is 3.59. The first-order valence-corrected chi connectivity index (χ1v) is 11.6. The topological polar surface area (TPSA) is 60.8 Å². The molecule has 0 N–H and O–H groups in total. The SMILES string of the molecule is C=C(CN(CCC#CC)C(=O)OCc1ccccc1)c1cc2ccccc2n1C(=O)OC(C)(C)C. The van der Waals surface area contributed by atoms with Gasteiger partial charge >= 0.3 is 12.2 Å². The van der Waals surface area contributed by atoms with Crippen LogP contribution in [0.3, 0.4) is 0 Å². The maximum absolute atomic E-state index is 13.1. The monoisotopic (exact) mass is 472 g/mol. The van der Waals surface area contributed by atoms with Gasteiger partial charge < -0.3 is 14.4 Å². The van der Waals surface area contributed by atoms with Crippen molar-refractivity contribution in [1.29, 1.82) is 0 Å². The first-order chi connectivity index (χ1) is 16.7. The normalized spacial score (nSPS) is 10.9. The second kappa shape index (κ2) is 11.4. The molecule has 0 aliphatic rings. The molecule has 0 saturated heterocycles. The van der Waals surface area contributed by atoms with Gasteiger partial charge in [-0.05, 0) is 51.0 Å². The van der Waals surface area contributed by atoms with Gasteiger partial charge in [-0.3, -0.25) is 0 Å². The van der Waals surface area contributed by atoms with E-state index in [2.05, 4.69) is 18.4 Å². The Morgan fingerprint density at radius 2 is 1.74 bits per heavy atom. The first-order valence-electron chi connectivity index (χ1n) is 11.6. The van der Waals surface area contributed by atoms with Gasteiger partial charge in [-0.1, -0.05) is 55.1 Å². The van der Waals surface area contributed by atoms with Crippen molar-refractivity contribution < 1.29 is 19.1 Å². The van der Waals surface area contributed by atoms with E-state index in [-0.39, 0.29) is 13.2 Å². The fraction of sp³-hybridized carbons (Fsp3) is 0.310. The average Bonchev–Trinajstić information content (AvgIpc) is 3.21. The number of hydrogen-bond acceptors (Lipinski definition) is 4. The molecule has 182 valence electrons. The summed E-state index contributed by atoms with van der Waals surface area (Å²) in [5, 5.41) is 0.879. The van der Waals surface area contributed by atoms with E-state index in [0.29, 0.717) is 29.7 Å². The van der Waals surface area contributed by atoms with Gasteiger partial charge in [-0.15, -0.1) is 11.8 Å². The van der Waals surface area contributed by atoms with E-state index < -0.39 is 17.8 Å². The molecule has 0 aliphatic carbocycles. The maximum Gasteiger partial charge on any atom is 0.419 e. The summed E-state index contributed by atoms with van der Waals surface area (Å²) < 4.78 is 12.7. The number of aromatic nitrogens is 1. The van der Waals surface area contributed by atoms with Crippen molar-refractivity contribution in [3.05, 3.63) is 78.5 Å². The van der Waals surface area contributed by atoms with E-state index in [9.17, 15) is 9.59 Å². The lowest BCUT2D eigenvalue weighted by Crippen LogP contribution is -2.34. The third-order valence-electron chi connectivity index (χ3n) is 5.18. The number of nitrogens with zero attached hydrogens (tertiary/aromatic N) is 2. The molecular weight excluding hydrogens is 440 g/mol. The molecule has 1 heterocycles. The van der Waals surface area contributed by atoms with Crippen LogP contribution in [0, 0.1) is 11.8 Å². The summed E-state index contributed by atoms with van der Waals surface area (Å²) in [6.45, 7) is 12.2. The van der Waals surface area contributed by atoms with Crippen molar-refractivity contribution in [1.82, 2.24) is 9.47 Å². The van der Waals surface area contributed by atoms with E-state index >= 15 is 0 Å². The summed E-state index contributed by atoms with van der Waals surface area (Å²) in [7, 11) is 0. The molecule has 0 bridgehead atoms. The summed E-state index contributed by atoms with van der Waals surface area (Å²) >= 11 is 0. The minimum Gasteiger partial charge on any atom is -0.445 e. The molecule has 6 nitrogen and oxygen atoms in total. The average molecular weight is 473 g/mol. The van der Waals surface area contributed by atoms with Crippen molar-refractivity contribution in [2.24, 2.45) is 0 Å². The molecule has 0 aliphatic heterocycles. The van der Waals surface area contributed by atoms with Crippen LogP contribution in [0.2, 0.25) is 0 Å². The molecule has 0 atom stereocenters. The second-order valence-electron chi connectivity index (χ2n) is 9.15. The van der Waals surface area contributed by atoms with Crippen LogP contribution in [0.5, 0.6) is 0 Å². The Morgan fingerprint density at radius 1 is 1.06 bits per heavy atom. The van der Waals surface area contributed by atoms with Gasteiger partial charge in [0.05, 0.1) is 17.8 Å². The first kappa shape index (κ1) is 25.6. The van der Waals surface area contributed by atoms with Crippen LogP contribution in [0.15, 0.2) is 67.2 Å². The van der Waals surface area contributed by atoms with E-state index in [1.54, 1.807) is 11.8 Å². The summed E-state index contributed by atoms with van der Waals surface area (Å²) in [5.74, 6) is 5.84. The minimum absolute atomic E-state index is 0.167. The Labute approximate surface area is 207 Å². The third kappa shape index (κ3) is 7.00. The van der Waals surface area contributed by atoms with Crippen LogP contribution < -0.4 is 0 Å². The quantitative estimate of drug-likeness (QED) is 0.369. The lowest BCUT2D eigenvalue weighted by atomic mass is 10.2. The van der Waals surface area contributed by atoms with Crippen molar-refractivity contribution in [2.45, 2.75) is 46.3 Å². The Bertz CT molecular complexity index is 1260. The third-order valence-corrected chi connectivity index (χ3v) is 5.18. The molecule has 35 heavy (non-hydrogen) atoms. The van der Waals surface area contributed by atoms with E-state index in [1.807, 2.05) is 81.4 Å². The molecule has 0 spiro atoms. The molecule has 1 aromatic heterocycles. The molecule has 0 radical (unpaired) electrons. The standard InChI is InChI=1S/C29H32N2O4/c1-6-7-13-18-30(27(32)34-21-23-14-9-8-10-15-23)20-22(2)26-19-24-16-11-12-17-25(24)31(26)28(33)35-29(3,4)5/h8-12,14-17,19H,2,13,18,20-21H2,1,3-5H3. The number of ether oxygens (including phenoxy) is 2. The smallest absolute Gasteiger partial charge is 0.419 e. The predicted molar refractivity (Wildman–Crippen MR) is 139 cm³/mol.